The van der Waals surface area contributed by atoms with E-state index in [1.54, 1.807) is 32.3 Å². The Kier molecular flexibility index (Phi) is 3.25. The maximum Gasteiger partial charge on any atom is 0.328 e. The number of Topliss-reactive ketones (excluding diaryl/α,β-unsaturated/α-hetero) is 1. The van der Waals surface area contributed by atoms with Crippen molar-refractivity contribution in [1.82, 2.24) is 9.13 Å². The summed E-state index contributed by atoms with van der Waals surface area (Å²) < 4.78 is 7.35. The fourth-order valence-corrected chi connectivity index (χ4v) is 2.10. The second kappa shape index (κ2) is 4.72. The fraction of sp³-hybridized carbons (Fsp3) is 0.308. The van der Waals surface area contributed by atoms with E-state index in [2.05, 4.69) is 4.74 Å². The van der Waals surface area contributed by atoms with Gasteiger partial charge in [-0.3, -0.25) is 18.7 Å². The summed E-state index contributed by atoms with van der Waals surface area (Å²) in [5.74, 6) is -0.957. The summed E-state index contributed by atoms with van der Waals surface area (Å²) in [6, 6.07) is 5.05. The predicted molar refractivity (Wildman–Crippen MR) is 69.1 cm³/mol. The van der Waals surface area contributed by atoms with E-state index >= 15 is 0 Å². The zero-order valence-corrected chi connectivity index (χ0v) is 11.0. The van der Waals surface area contributed by atoms with E-state index < -0.39 is 5.97 Å². The van der Waals surface area contributed by atoms with Gasteiger partial charge in [-0.1, -0.05) is 6.07 Å². The molecule has 0 saturated heterocycles. The highest BCUT2D eigenvalue weighted by atomic mass is 16.5. The molecule has 0 fully saturated rings. The van der Waals surface area contributed by atoms with Crippen molar-refractivity contribution in [3.05, 3.63) is 34.2 Å². The molecule has 0 saturated carbocycles. The number of imidazole rings is 1. The standard InChI is InChI=1S/C13H14N2O4/c1-14-9-6-4-5-8(10(16)7-11(17)19-3)12(9)15(2)13(14)18/h4-6H,7H2,1-3H3. The van der Waals surface area contributed by atoms with Crippen LogP contribution in [0.15, 0.2) is 23.0 Å². The molecule has 0 amide bonds. The Morgan fingerprint density at radius 2 is 1.89 bits per heavy atom. The Bertz CT molecular complexity index is 724. The molecule has 0 aliphatic rings. The van der Waals surface area contributed by atoms with Gasteiger partial charge >= 0.3 is 11.7 Å². The Morgan fingerprint density at radius 1 is 1.21 bits per heavy atom. The third-order valence-electron chi connectivity index (χ3n) is 3.12. The molecule has 100 valence electrons. The van der Waals surface area contributed by atoms with Gasteiger partial charge < -0.3 is 4.74 Å². The van der Waals surface area contributed by atoms with E-state index in [-0.39, 0.29) is 17.9 Å². The number of fused-ring (bicyclic) bond motifs is 1. The molecular weight excluding hydrogens is 248 g/mol. The van der Waals surface area contributed by atoms with Crippen molar-refractivity contribution >= 4 is 22.8 Å². The molecular formula is C13H14N2O4. The first-order valence-corrected chi connectivity index (χ1v) is 5.71. The van der Waals surface area contributed by atoms with E-state index in [1.807, 2.05) is 0 Å². The number of carbonyl (C=O) groups excluding carboxylic acids is 2. The minimum Gasteiger partial charge on any atom is -0.469 e. The molecule has 19 heavy (non-hydrogen) atoms. The van der Waals surface area contributed by atoms with Crippen LogP contribution < -0.4 is 5.69 Å². The molecule has 0 N–H and O–H groups in total. The van der Waals surface area contributed by atoms with Crippen molar-refractivity contribution in [3.63, 3.8) is 0 Å². The number of aryl methyl sites for hydroxylation is 2. The third-order valence-corrected chi connectivity index (χ3v) is 3.12. The van der Waals surface area contributed by atoms with Crippen LogP contribution in [-0.4, -0.2) is 28.0 Å². The van der Waals surface area contributed by atoms with Crippen LogP contribution in [0.1, 0.15) is 16.8 Å². The van der Waals surface area contributed by atoms with Crippen LogP contribution in [0.2, 0.25) is 0 Å². The van der Waals surface area contributed by atoms with Crippen LogP contribution in [-0.2, 0) is 23.6 Å². The smallest absolute Gasteiger partial charge is 0.328 e. The molecule has 0 spiro atoms. The van der Waals surface area contributed by atoms with Gasteiger partial charge in [-0.2, -0.15) is 0 Å². The van der Waals surface area contributed by atoms with Crippen molar-refractivity contribution in [3.8, 4) is 0 Å². The highest BCUT2D eigenvalue weighted by Crippen LogP contribution is 2.18. The van der Waals surface area contributed by atoms with Crippen LogP contribution in [0.25, 0.3) is 11.0 Å². The van der Waals surface area contributed by atoms with Gasteiger partial charge in [0.2, 0.25) is 0 Å². The zero-order chi connectivity index (χ0) is 14.2. The largest absolute Gasteiger partial charge is 0.469 e. The number of nitrogens with zero attached hydrogens (tertiary/aromatic N) is 2. The normalized spacial score (nSPS) is 10.7. The molecule has 1 aromatic carbocycles. The van der Waals surface area contributed by atoms with E-state index in [4.69, 9.17) is 0 Å². The molecule has 0 aliphatic carbocycles. The van der Waals surface area contributed by atoms with Crippen LogP contribution in [0.4, 0.5) is 0 Å². The van der Waals surface area contributed by atoms with E-state index in [1.165, 1.54) is 16.2 Å². The summed E-state index contributed by atoms with van der Waals surface area (Å²) >= 11 is 0. The summed E-state index contributed by atoms with van der Waals surface area (Å²) in [5.41, 5.74) is 1.32. The Hall–Kier alpha value is -2.37. The summed E-state index contributed by atoms with van der Waals surface area (Å²) in [4.78, 5) is 35.1. The van der Waals surface area contributed by atoms with Crippen molar-refractivity contribution in [1.29, 1.82) is 0 Å². The highest BCUT2D eigenvalue weighted by molar-refractivity contribution is 6.12. The Labute approximate surface area is 109 Å². The first-order valence-electron chi connectivity index (χ1n) is 5.71. The van der Waals surface area contributed by atoms with Gasteiger partial charge in [0.25, 0.3) is 0 Å². The van der Waals surface area contributed by atoms with Crippen LogP contribution in [0, 0.1) is 0 Å². The molecule has 6 heteroatoms. The average molecular weight is 262 g/mol. The lowest BCUT2D eigenvalue weighted by atomic mass is 10.1. The summed E-state index contributed by atoms with van der Waals surface area (Å²) in [6.45, 7) is 0. The molecule has 2 aromatic rings. The van der Waals surface area contributed by atoms with Crippen molar-refractivity contribution in [2.45, 2.75) is 6.42 Å². The number of aromatic nitrogens is 2. The molecule has 0 aliphatic heterocycles. The minimum atomic E-state index is -0.595. The van der Waals surface area contributed by atoms with E-state index in [0.29, 0.717) is 16.6 Å². The van der Waals surface area contributed by atoms with Crippen molar-refractivity contribution < 1.29 is 14.3 Å². The van der Waals surface area contributed by atoms with Gasteiger partial charge in [0.05, 0.1) is 18.1 Å². The van der Waals surface area contributed by atoms with Gasteiger partial charge in [-0.15, -0.1) is 0 Å². The number of hydrogen-bond donors (Lipinski definition) is 0. The summed E-state index contributed by atoms with van der Waals surface area (Å²) in [6.07, 6.45) is -0.335. The average Bonchev–Trinajstić information content (AvgIpc) is 2.63. The number of benzene rings is 1. The lowest BCUT2D eigenvalue weighted by Crippen LogP contribution is -2.19. The quantitative estimate of drug-likeness (QED) is 0.462. The number of ether oxygens (including phenoxy) is 1. The van der Waals surface area contributed by atoms with Gasteiger partial charge in [-0.25, -0.2) is 4.79 Å². The van der Waals surface area contributed by atoms with Crippen LogP contribution in [0.3, 0.4) is 0 Å². The van der Waals surface area contributed by atoms with Crippen molar-refractivity contribution in [2.75, 3.05) is 7.11 Å². The van der Waals surface area contributed by atoms with Crippen LogP contribution >= 0.6 is 0 Å². The van der Waals surface area contributed by atoms with E-state index in [0.717, 1.165) is 0 Å². The number of hydrogen-bond acceptors (Lipinski definition) is 4. The molecule has 2 rings (SSSR count). The van der Waals surface area contributed by atoms with Gasteiger partial charge in [0, 0.05) is 19.7 Å². The second-order valence-electron chi connectivity index (χ2n) is 4.25. The summed E-state index contributed by atoms with van der Waals surface area (Å²) in [5, 5.41) is 0. The predicted octanol–water partition coefficient (Wildman–Crippen LogP) is 0.623. The van der Waals surface area contributed by atoms with Gasteiger partial charge in [-0.05, 0) is 12.1 Å². The van der Waals surface area contributed by atoms with E-state index in [9.17, 15) is 14.4 Å². The maximum atomic E-state index is 12.1. The molecule has 0 unspecified atom stereocenters. The first kappa shape index (κ1) is 13.1. The molecule has 1 aromatic heterocycles. The molecule has 1 heterocycles. The molecule has 6 nitrogen and oxygen atoms in total. The zero-order valence-electron chi connectivity index (χ0n) is 11.0. The van der Waals surface area contributed by atoms with Crippen LogP contribution in [0.5, 0.6) is 0 Å². The first-order chi connectivity index (χ1) is 8.97. The molecule has 0 radical (unpaired) electrons. The molecule has 0 atom stereocenters. The molecule has 0 bridgehead atoms. The number of methoxy groups -OCH3 is 1. The topological polar surface area (TPSA) is 70.3 Å². The fourth-order valence-electron chi connectivity index (χ4n) is 2.10. The maximum absolute atomic E-state index is 12.1. The minimum absolute atomic E-state index is 0.215. The van der Waals surface area contributed by atoms with Gasteiger partial charge in [0.1, 0.15) is 6.42 Å². The number of rotatable bonds is 3. The highest BCUT2D eigenvalue weighted by Gasteiger charge is 2.18. The number of para-hydroxylation sites is 1. The Morgan fingerprint density at radius 3 is 2.53 bits per heavy atom. The lowest BCUT2D eigenvalue weighted by molar-refractivity contribution is -0.139. The van der Waals surface area contributed by atoms with Crippen molar-refractivity contribution in [2.24, 2.45) is 14.1 Å². The monoisotopic (exact) mass is 262 g/mol. The van der Waals surface area contributed by atoms with Gasteiger partial charge in [0.15, 0.2) is 5.78 Å². The summed E-state index contributed by atoms with van der Waals surface area (Å²) in [7, 11) is 4.47. The second-order valence-corrected chi connectivity index (χ2v) is 4.25. The number of ketones is 1. The number of carbonyl (C=O) groups is 2. The third kappa shape index (κ3) is 2.05. The lowest BCUT2D eigenvalue weighted by Gasteiger charge is -2.03. The number of esters is 1. The Balaban J connectivity index is 2.62. The SMILES string of the molecule is COC(=O)CC(=O)c1cccc2c1n(C)c(=O)n2C.